The van der Waals surface area contributed by atoms with E-state index in [-0.39, 0.29) is 11.6 Å². The molecule has 112 valence electrons. The fourth-order valence-corrected chi connectivity index (χ4v) is 2.81. The maximum atomic E-state index is 12.8. The molecule has 0 bridgehead atoms. The molecule has 0 amide bonds. The molecule has 0 unspecified atom stereocenters. The van der Waals surface area contributed by atoms with E-state index in [1.165, 1.54) is 0 Å². The van der Waals surface area contributed by atoms with Gasteiger partial charge in [0.25, 0.3) is 0 Å². The standard InChI is InChI=1S/C18H12O2.CO2/c1-11-5-4-7-13-12(11)9-10-16-17(13)18(19)14-6-2-3-8-15(14)20-16;2-1-3/h2-10H,1H3;. The van der Waals surface area contributed by atoms with Crippen LogP contribution in [-0.4, -0.2) is 6.15 Å². The second-order valence-corrected chi connectivity index (χ2v) is 5.12. The van der Waals surface area contributed by atoms with Gasteiger partial charge < -0.3 is 4.42 Å². The monoisotopic (exact) mass is 304 g/mol. The maximum absolute atomic E-state index is 12.8. The fourth-order valence-electron chi connectivity index (χ4n) is 2.81. The summed E-state index contributed by atoms with van der Waals surface area (Å²) in [4.78, 5) is 29.0. The summed E-state index contributed by atoms with van der Waals surface area (Å²) < 4.78 is 5.87. The molecule has 4 heteroatoms. The van der Waals surface area contributed by atoms with Crippen LogP contribution < -0.4 is 5.43 Å². The normalized spacial score (nSPS) is 10.3. The molecule has 0 atom stereocenters. The second kappa shape index (κ2) is 5.87. The summed E-state index contributed by atoms with van der Waals surface area (Å²) >= 11 is 0. The number of hydrogen-bond donors (Lipinski definition) is 0. The molecule has 0 aliphatic rings. The third-order valence-electron chi connectivity index (χ3n) is 3.82. The Kier molecular flexibility index (Phi) is 3.75. The molecule has 4 nitrogen and oxygen atoms in total. The average molecular weight is 304 g/mol. The van der Waals surface area contributed by atoms with Gasteiger partial charge in [-0.05, 0) is 41.5 Å². The minimum absolute atomic E-state index is 0.0399. The molecule has 3 aromatic carbocycles. The van der Waals surface area contributed by atoms with Gasteiger partial charge in [-0.25, -0.2) is 0 Å². The zero-order chi connectivity index (χ0) is 16.4. The van der Waals surface area contributed by atoms with Crippen LogP contribution in [-0.2, 0) is 9.59 Å². The van der Waals surface area contributed by atoms with Crippen LogP contribution in [0.25, 0.3) is 32.7 Å². The molecule has 4 aromatic rings. The Labute approximate surface area is 131 Å². The van der Waals surface area contributed by atoms with Gasteiger partial charge in [0.1, 0.15) is 11.2 Å². The predicted octanol–water partition coefficient (Wildman–Crippen LogP) is 3.82. The molecule has 4 rings (SSSR count). The Balaban J connectivity index is 0.000000485. The van der Waals surface area contributed by atoms with Crippen LogP contribution in [0.1, 0.15) is 5.56 Å². The van der Waals surface area contributed by atoms with Crippen molar-refractivity contribution >= 4 is 38.9 Å². The number of hydrogen-bond acceptors (Lipinski definition) is 4. The first-order valence-electron chi connectivity index (χ1n) is 7.00. The molecule has 1 heterocycles. The molecule has 0 radical (unpaired) electrons. The van der Waals surface area contributed by atoms with Gasteiger partial charge >= 0.3 is 6.15 Å². The van der Waals surface area contributed by atoms with E-state index in [0.717, 1.165) is 16.3 Å². The fraction of sp³-hybridized carbons (Fsp3) is 0.0526. The molecule has 0 fully saturated rings. The van der Waals surface area contributed by atoms with Gasteiger partial charge in [-0.1, -0.05) is 36.4 Å². The van der Waals surface area contributed by atoms with E-state index >= 15 is 0 Å². The second-order valence-electron chi connectivity index (χ2n) is 5.12. The lowest BCUT2D eigenvalue weighted by Gasteiger charge is -2.06. The third-order valence-corrected chi connectivity index (χ3v) is 3.82. The number of aryl methyl sites for hydroxylation is 1. The lowest BCUT2D eigenvalue weighted by molar-refractivity contribution is -0.191. The summed E-state index contributed by atoms with van der Waals surface area (Å²) in [7, 11) is 0. The Hall–Kier alpha value is -3.23. The number of fused-ring (bicyclic) bond motifs is 4. The van der Waals surface area contributed by atoms with Gasteiger partial charge in [0.15, 0.2) is 0 Å². The van der Waals surface area contributed by atoms with Gasteiger partial charge in [-0.15, -0.1) is 0 Å². The highest BCUT2D eigenvalue weighted by molar-refractivity contribution is 6.08. The first-order valence-corrected chi connectivity index (χ1v) is 7.00. The summed E-state index contributed by atoms with van der Waals surface area (Å²) in [6, 6.07) is 17.3. The largest absolute Gasteiger partial charge is 0.456 e. The highest BCUT2D eigenvalue weighted by atomic mass is 16.3. The van der Waals surface area contributed by atoms with Crippen molar-refractivity contribution in [1.82, 2.24) is 0 Å². The SMILES string of the molecule is Cc1cccc2c1ccc1oc3ccccc3c(=O)c12.O=C=O. The van der Waals surface area contributed by atoms with Gasteiger partial charge in [-0.3, -0.25) is 4.79 Å². The summed E-state index contributed by atoms with van der Waals surface area (Å²) in [5, 5.41) is 3.36. The van der Waals surface area contributed by atoms with Crippen LogP contribution in [0.5, 0.6) is 0 Å². The zero-order valence-electron chi connectivity index (χ0n) is 12.3. The molecule has 0 aliphatic heterocycles. The van der Waals surface area contributed by atoms with Gasteiger partial charge in [-0.2, -0.15) is 9.59 Å². The molecule has 0 saturated heterocycles. The third kappa shape index (κ3) is 2.41. The van der Waals surface area contributed by atoms with Crippen molar-refractivity contribution in [3.05, 3.63) is 70.4 Å². The van der Waals surface area contributed by atoms with Crippen LogP contribution in [0.15, 0.2) is 63.8 Å². The van der Waals surface area contributed by atoms with Crippen LogP contribution in [0.3, 0.4) is 0 Å². The molecule has 0 aliphatic carbocycles. The summed E-state index contributed by atoms with van der Waals surface area (Å²) in [5.41, 5.74) is 2.49. The Morgan fingerprint density at radius 3 is 2.26 bits per heavy atom. The van der Waals surface area contributed by atoms with E-state index in [2.05, 4.69) is 13.0 Å². The highest BCUT2D eigenvalue weighted by Gasteiger charge is 2.10. The predicted molar refractivity (Wildman–Crippen MR) is 87.2 cm³/mol. The summed E-state index contributed by atoms with van der Waals surface area (Å²) in [6.45, 7) is 2.05. The van der Waals surface area contributed by atoms with E-state index in [4.69, 9.17) is 14.0 Å². The van der Waals surface area contributed by atoms with Crippen molar-refractivity contribution < 1.29 is 14.0 Å². The molecule has 0 N–H and O–H groups in total. The number of rotatable bonds is 0. The van der Waals surface area contributed by atoms with Crippen molar-refractivity contribution in [2.75, 3.05) is 0 Å². The lowest BCUT2D eigenvalue weighted by atomic mass is 10.0. The molecule has 0 saturated carbocycles. The maximum Gasteiger partial charge on any atom is 0.373 e. The quantitative estimate of drug-likeness (QED) is 0.366. The summed E-state index contributed by atoms with van der Waals surface area (Å²) in [6.07, 6.45) is 0.250. The minimum atomic E-state index is 0.0399. The van der Waals surface area contributed by atoms with Crippen molar-refractivity contribution in [1.29, 1.82) is 0 Å². The zero-order valence-corrected chi connectivity index (χ0v) is 12.3. The Bertz CT molecular complexity index is 1120. The number of carbonyl (C=O) groups excluding carboxylic acids is 2. The van der Waals surface area contributed by atoms with E-state index in [0.29, 0.717) is 21.9 Å². The molecular weight excluding hydrogens is 292 g/mol. The molecule has 0 spiro atoms. The van der Waals surface area contributed by atoms with Crippen LogP contribution >= 0.6 is 0 Å². The molecule has 1 aromatic heterocycles. The minimum Gasteiger partial charge on any atom is -0.456 e. The topological polar surface area (TPSA) is 64.3 Å². The van der Waals surface area contributed by atoms with Crippen molar-refractivity contribution in [2.45, 2.75) is 6.92 Å². The van der Waals surface area contributed by atoms with Crippen molar-refractivity contribution in [3.8, 4) is 0 Å². The van der Waals surface area contributed by atoms with E-state index in [1.807, 2.05) is 48.5 Å². The van der Waals surface area contributed by atoms with E-state index < -0.39 is 0 Å². The average Bonchev–Trinajstić information content (AvgIpc) is 2.56. The first kappa shape index (κ1) is 14.7. The van der Waals surface area contributed by atoms with Crippen molar-refractivity contribution in [3.63, 3.8) is 0 Å². The van der Waals surface area contributed by atoms with Gasteiger partial charge in [0, 0.05) is 0 Å². The van der Waals surface area contributed by atoms with Crippen LogP contribution in [0.2, 0.25) is 0 Å². The first-order chi connectivity index (χ1) is 11.2. The van der Waals surface area contributed by atoms with E-state index in [1.54, 1.807) is 0 Å². The van der Waals surface area contributed by atoms with E-state index in [9.17, 15) is 4.79 Å². The Morgan fingerprint density at radius 2 is 1.48 bits per heavy atom. The highest BCUT2D eigenvalue weighted by Crippen LogP contribution is 2.27. The Morgan fingerprint density at radius 1 is 0.783 bits per heavy atom. The summed E-state index contributed by atoms with van der Waals surface area (Å²) in [5.74, 6) is 0. The van der Waals surface area contributed by atoms with Crippen LogP contribution in [0.4, 0.5) is 0 Å². The van der Waals surface area contributed by atoms with Gasteiger partial charge in [0.2, 0.25) is 5.43 Å². The van der Waals surface area contributed by atoms with Crippen LogP contribution in [0, 0.1) is 6.92 Å². The van der Waals surface area contributed by atoms with Crippen molar-refractivity contribution in [2.24, 2.45) is 0 Å². The number of benzene rings is 3. The smallest absolute Gasteiger partial charge is 0.373 e. The lowest BCUT2D eigenvalue weighted by Crippen LogP contribution is -2.02. The number of para-hydroxylation sites is 1. The molecule has 23 heavy (non-hydrogen) atoms. The molecular formula is C19H12O4. The van der Waals surface area contributed by atoms with Gasteiger partial charge in [0.05, 0.1) is 10.8 Å².